The van der Waals surface area contributed by atoms with Crippen LogP contribution in [0.4, 0.5) is 4.39 Å². The predicted octanol–water partition coefficient (Wildman–Crippen LogP) is 3.64. The summed E-state index contributed by atoms with van der Waals surface area (Å²) in [5.74, 6) is 0.0369. The van der Waals surface area contributed by atoms with Gasteiger partial charge in [0.1, 0.15) is 0 Å². The van der Waals surface area contributed by atoms with Gasteiger partial charge in [-0.05, 0) is 43.5 Å². The summed E-state index contributed by atoms with van der Waals surface area (Å²) in [6.07, 6.45) is 4.86. The molecule has 1 unspecified atom stereocenters. The van der Waals surface area contributed by atoms with Gasteiger partial charge in [-0.2, -0.15) is 0 Å². The highest BCUT2D eigenvalue weighted by atomic mass is 19.1. The van der Waals surface area contributed by atoms with Crippen LogP contribution in [0.15, 0.2) is 18.3 Å². The van der Waals surface area contributed by atoms with Gasteiger partial charge in [-0.1, -0.05) is 13.8 Å². The van der Waals surface area contributed by atoms with Crippen molar-refractivity contribution in [2.45, 2.75) is 39.2 Å². The molecular formula is C16H23FN2O. The van der Waals surface area contributed by atoms with E-state index in [1.165, 1.54) is 7.11 Å². The van der Waals surface area contributed by atoms with Crippen molar-refractivity contribution in [2.24, 2.45) is 0 Å². The van der Waals surface area contributed by atoms with Gasteiger partial charge in [0.05, 0.1) is 7.11 Å². The molecule has 0 bridgehead atoms. The molecule has 0 saturated heterocycles. The minimum atomic E-state index is -0.266. The van der Waals surface area contributed by atoms with Crippen LogP contribution in [0.2, 0.25) is 0 Å². The molecule has 1 aromatic carbocycles. The maximum Gasteiger partial charge on any atom is 0.174 e. The first kappa shape index (κ1) is 14.9. The zero-order valence-electron chi connectivity index (χ0n) is 12.4. The van der Waals surface area contributed by atoms with E-state index in [1.54, 1.807) is 6.07 Å². The van der Waals surface area contributed by atoms with Crippen LogP contribution in [0.3, 0.4) is 0 Å². The van der Waals surface area contributed by atoms with Gasteiger partial charge in [-0.3, -0.25) is 0 Å². The third kappa shape index (κ3) is 2.96. The second-order valence-electron chi connectivity index (χ2n) is 5.02. The standard InChI is InChI=1S/C16H23FN2O/c1-4-12(18-5-2)7-6-11-10-19-13-8-9-14(20-3)16(17)15(11)13/h8-10,12,18-19H,4-7H2,1-3H3. The summed E-state index contributed by atoms with van der Waals surface area (Å²) in [4.78, 5) is 3.14. The molecule has 1 heterocycles. The molecule has 1 atom stereocenters. The van der Waals surface area contributed by atoms with Crippen LogP contribution < -0.4 is 10.1 Å². The van der Waals surface area contributed by atoms with Crippen LogP contribution in [0, 0.1) is 5.82 Å². The molecule has 3 nitrogen and oxygen atoms in total. The number of hydrogen-bond acceptors (Lipinski definition) is 2. The number of hydrogen-bond donors (Lipinski definition) is 2. The fraction of sp³-hybridized carbons (Fsp3) is 0.500. The Morgan fingerprint density at radius 2 is 2.15 bits per heavy atom. The Kier molecular flexibility index (Phi) is 5.01. The molecule has 0 radical (unpaired) electrons. The molecule has 0 amide bonds. The van der Waals surface area contributed by atoms with Crippen molar-refractivity contribution in [2.75, 3.05) is 13.7 Å². The Morgan fingerprint density at radius 1 is 1.35 bits per heavy atom. The van der Waals surface area contributed by atoms with E-state index < -0.39 is 0 Å². The molecule has 0 saturated carbocycles. The zero-order chi connectivity index (χ0) is 14.5. The Hall–Kier alpha value is -1.55. The SMILES string of the molecule is CCNC(CC)CCc1c[nH]c2ccc(OC)c(F)c12. The van der Waals surface area contributed by atoms with Gasteiger partial charge in [0.2, 0.25) is 0 Å². The minimum absolute atomic E-state index is 0.266. The Labute approximate surface area is 119 Å². The number of halogens is 1. The number of aryl methyl sites for hydroxylation is 1. The lowest BCUT2D eigenvalue weighted by Crippen LogP contribution is -2.28. The lowest BCUT2D eigenvalue weighted by molar-refractivity contribution is 0.389. The van der Waals surface area contributed by atoms with Crippen molar-refractivity contribution in [3.63, 3.8) is 0 Å². The molecule has 2 aromatic rings. The third-order valence-corrected chi connectivity index (χ3v) is 3.80. The van der Waals surface area contributed by atoms with Crippen molar-refractivity contribution in [1.29, 1.82) is 0 Å². The molecule has 0 spiro atoms. The summed E-state index contributed by atoms with van der Waals surface area (Å²) in [6, 6.07) is 4.01. The smallest absolute Gasteiger partial charge is 0.174 e. The Bertz CT molecular complexity index is 565. The van der Waals surface area contributed by atoms with Crippen molar-refractivity contribution in [3.05, 3.63) is 29.7 Å². The summed E-state index contributed by atoms with van der Waals surface area (Å²) < 4.78 is 19.4. The number of rotatable bonds is 7. The van der Waals surface area contributed by atoms with Crippen LogP contribution in [-0.2, 0) is 6.42 Å². The highest BCUT2D eigenvalue weighted by Crippen LogP contribution is 2.29. The minimum Gasteiger partial charge on any atom is -0.494 e. The highest BCUT2D eigenvalue weighted by molar-refractivity contribution is 5.85. The van der Waals surface area contributed by atoms with Crippen LogP contribution in [0.5, 0.6) is 5.75 Å². The normalized spacial score (nSPS) is 12.8. The van der Waals surface area contributed by atoms with E-state index in [-0.39, 0.29) is 5.82 Å². The molecule has 0 aliphatic rings. The largest absolute Gasteiger partial charge is 0.494 e. The lowest BCUT2D eigenvalue weighted by atomic mass is 10.0. The maximum absolute atomic E-state index is 14.4. The van der Waals surface area contributed by atoms with E-state index >= 15 is 0 Å². The number of aromatic amines is 1. The predicted molar refractivity (Wildman–Crippen MR) is 80.9 cm³/mol. The summed E-state index contributed by atoms with van der Waals surface area (Å²) in [7, 11) is 1.49. The molecule has 0 aliphatic heterocycles. The first-order valence-electron chi connectivity index (χ1n) is 7.27. The van der Waals surface area contributed by atoms with Crippen LogP contribution in [-0.4, -0.2) is 24.7 Å². The topological polar surface area (TPSA) is 37.0 Å². The van der Waals surface area contributed by atoms with E-state index in [0.29, 0.717) is 17.2 Å². The van der Waals surface area contributed by atoms with Gasteiger partial charge < -0.3 is 15.0 Å². The zero-order valence-corrected chi connectivity index (χ0v) is 12.4. The van der Waals surface area contributed by atoms with Crippen LogP contribution in [0.1, 0.15) is 32.3 Å². The summed E-state index contributed by atoms with van der Waals surface area (Å²) in [6.45, 7) is 5.25. The third-order valence-electron chi connectivity index (χ3n) is 3.80. The molecule has 2 rings (SSSR count). The van der Waals surface area contributed by atoms with Crippen molar-refractivity contribution in [3.8, 4) is 5.75 Å². The summed E-state index contributed by atoms with van der Waals surface area (Å²) in [5.41, 5.74) is 1.85. The molecule has 1 aromatic heterocycles. The molecule has 20 heavy (non-hydrogen) atoms. The molecule has 110 valence electrons. The number of H-pyrrole nitrogens is 1. The number of methoxy groups -OCH3 is 1. The molecule has 0 aliphatic carbocycles. The van der Waals surface area contributed by atoms with Gasteiger partial charge in [-0.15, -0.1) is 0 Å². The Morgan fingerprint density at radius 3 is 2.80 bits per heavy atom. The van der Waals surface area contributed by atoms with E-state index in [1.807, 2.05) is 12.3 Å². The highest BCUT2D eigenvalue weighted by Gasteiger charge is 2.14. The quantitative estimate of drug-likeness (QED) is 0.811. The summed E-state index contributed by atoms with van der Waals surface area (Å²) >= 11 is 0. The molecular weight excluding hydrogens is 255 g/mol. The first-order valence-corrected chi connectivity index (χ1v) is 7.27. The number of fused-ring (bicyclic) bond motifs is 1. The fourth-order valence-corrected chi connectivity index (χ4v) is 2.65. The molecule has 4 heteroatoms. The van der Waals surface area contributed by atoms with Crippen LogP contribution >= 0.6 is 0 Å². The van der Waals surface area contributed by atoms with Crippen molar-refractivity contribution < 1.29 is 9.13 Å². The monoisotopic (exact) mass is 278 g/mol. The second kappa shape index (κ2) is 6.75. The van der Waals surface area contributed by atoms with Gasteiger partial charge in [-0.25, -0.2) is 4.39 Å². The lowest BCUT2D eigenvalue weighted by Gasteiger charge is -2.15. The van der Waals surface area contributed by atoms with Gasteiger partial charge in [0.15, 0.2) is 11.6 Å². The van der Waals surface area contributed by atoms with E-state index in [9.17, 15) is 4.39 Å². The molecule has 2 N–H and O–H groups in total. The number of aromatic nitrogens is 1. The average Bonchev–Trinajstić information content (AvgIpc) is 2.88. The molecule has 0 fully saturated rings. The Balaban J connectivity index is 2.22. The fourth-order valence-electron chi connectivity index (χ4n) is 2.65. The average molecular weight is 278 g/mol. The van der Waals surface area contributed by atoms with Gasteiger partial charge >= 0.3 is 0 Å². The van der Waals surface area contributed by atoms with E-state index in [4.69, 9.17) is 4.74 Å². The van der Waals surface area contributed by atoms with Gasteiger partial charge in [0, 0.05) is 23.1 Å². The van der Waals surface area contributed by atoms with E-state index in [2.05, 4.69) is 24.1 Å². The number of nitrogens with one attached hydrogen (secondary N) is 2. The van der Waals surface area contributed by atoms with Crippen molar-refractivity contribution in [1.82, 2.24) is 10.3 Å². The number of ether oxygens (including phenoxy) is 1. The number of benzene rings is 1. The van der Waals surface area contributed by atoms with E-state index in [0.717, 1.165) is 36.9 Å². The van der Waals surface area contributed by atoms with Crippen molar-refractivity contribution >= 4 is 10.9 Å². The maximum atomic E-state index is 14.4. The van der Waals surface area contributed by atoms with Crippen LogP contribution in [0.25, 0.3) is 10.9 Å². The van der Waals surface area contributed by atoms with Gasteiger partial charge in [0.25, 0.3) is 0 Å². The first-order chi connectivity index (χ1) is 9.71. The summed E-state index contributed by atoms with van der Waals surface area (Å²) in [5, 5.41) is 4.11. The second-order valence-corrected chi connectivity index (χ2v) is 5.02.